The highest BCUT2D eigenvalue weighted by atomic mass is 19.4. The highest BCUT2D eigenvalue weighted by Crippen LogP contribution is 2.36. The molecule has 0 bridgehead atoms. The molecule has 9 N–H and O–H groups in total. The molecule has 50 heteroatoms. The second-order valence-corrected chi connectivity index (χ2v) is 25.2. The zero-order valence-electron chi connectivity index (χ0n) is 67.4. The van der Waals surface area contributed by atoms with E-state index in [2.05, 4.69) is 134 Å². The van der Waals surface area contributed by atoms with Crippen molar-refractivity contribution < 1.29 is 103 Å². The fourth-order valence-corrected chi connectivity index (χ4v) is 8.73. The highest BCUT2D eigenvalue weighted by Gasteiger charge is 2.56. The van der Waals surface area contributed by atoms with Crippen LogP contribution in [0.2, 0.25) is 0 Å². The number of nitro groups is 1. The number of hydrogen-bond donors (Lipinski definition) is 9. The van der Waals surface area contributed by atoms with E-state index in [1.807, 2.05) is 49.4 Å². The van der Waals surface area contributed by atoms with E-state index < -0.39 is 109 Å². The van der Waals surface area contributed by atoms with Crippen molar-refractivity contribution in [3.63, 3.8) is 0 Å². The second-order valence-electron chi connectivity index (χ2n) is 25.2. The third-order valence-electron chi connectivity index (χ3n) is 15.3. The third-order valence-corrected chi connectivity index (χ3v) is 15.3. The van der Waals surface area contributed by atoms with Gasteiger partial charge in [-0.25, -0.2) is 17.6 Å². The summed E-state index contributed by atoms with van der Waals surface area (Å²) >= 11 is 0. The van der Waals surface area contributed by atoms with Gasteiger partial charge in [0.05, 0.1) is 4.92 Å². The number of halogens is 17. The van der Waals surface area contributed by atoms with Crippen molar-refractivity contribution in [2.45, 2.75) is 122 Å². The molecular formula is C74H83F17N26O7. The summed E-state index contributed by atoms with van der Waals surface area (Å²) in [5.41, 5.74) is 3.95. The Balaban J connectivity index is 0.000000240. The first-order valence-corrected chi connectivity index (χ1v) is 36.4. The number of para-hydroxylation sites is 3. The number of nitrogens with one attached hydrogen (secondary N) is 9. The SMILES string of the molecule is C=CCNc1nc(Nc2cccc(C)c2)nc(OC(C)C(F)(F)F)n1.CCN(CC)c1nc(Nc2ccccc2)nc(OC(C(C)(F)F)C(F)(F)F)n1.CNc1nc(Nc2ccc([N+](=O)[O-])cc2)nc(OCC(F)(F)C(C)F)n1.CNc1nc(Nc2ccccc2)nc(OC(C)C(F)(F)F)n1.CNc1nc(Nc2ccccc2)nc(OCC(F)(F)C(C)F)n1. The van der Waals surface area contributed by atoms with Gasteiger partial charge in [-0.1, -0.05) is 72.8 Å². The molecular weight excluding hydrogens is 1690 g/mol. The molecule has 0 saturated heterocycles. The molecule has 0 fully saturated rings. The second kappa shape index (κ2) is 45.7. The first kappa shape index (κ1) is 98.9. The lowest BCUT2D eigenvalue weighted by molar-refractivity contribution is -0.384. The number of aromatic nitrogens is 15. The van der Waals surface area contributed by atoms with Crippen molar-refractivity contribution in [2.75, 3.05) is 107 Å². The van der Waals surface area contributed by atoms with Gasteiger partial charge in [0.2, 0.25) is 59.5 Å². The Bertz CT molecular complexity index is 4940. The van der Waals surface area contributed by atoms with E-state index >= 15 is 0 Å². The van der Waals surface area contributed by atoms with Crippen molar-refractivity contribution in [3.8, 4) is 30.1 Å². The molecule has 0 aliphatic heterocycles. The topological polar surface area (TPSA) is 394 Å². The lowest BCUT2D eigenvalue weighted by Gasteiger charge is -2.26. The van der Waals surface area contributed by atoms with E-state index in [4.69, 9.17) is 18.9 Å². The van der Waals surface area contributed by atoms with Crippen molar-refractivity contribution in [2.24, 2.45) is 0 Å². The van der Waals surface area contributed by atoms with Crippen molar-refractivity contribution in [3.05, 3.63) is 168 Å². The molecule has 0 aliphatic carbocycles. The molecule has 10 rings (SSSR count). The van der Waals surface area contributed by atoms with E-state index in [-0.39, 0.29) is 78.1 Å². The molecule has 0 saturated carbocycles. The predicted octanol–water partition coefficient (Wildman–Crippen LogP) is 17.2. The lowest BCUT2D eigenvalue weighted by Crippen LogP contribution is -2.47. The predicted molar refractivity (Wildman–Crippen MR) is 425 cm³/mol. The fraction of sp³-hybridized carbons (Fsp3) is 0.365. The summed E-state index contributed by atoms with van der Waals surface area (Å²) in [6, 6.07) is 36.8. The van der Waals surface area contributed by atoms with Crippen LogP contribution in [-0.4, -0.2) is 201 Å². The van der Waals surface area contributed by atoms with Crippen molar-refractivity contribution in [1.29, 1.82) is 0 Å². The maximum atomic E-state index is 13.5. The van der Waals surface area contributed by atoms with Crippen molar-refractivity contribution >= 4 is 93.6 Å². The molecule has 0 amide bonds. The van der Waals surface area contributed by atoms with Crippen molar-refractivity contribution in [1.82, 2.24) is 74.8 Å². The minimum atomic E-state index is -5.31. The van der Waals surface area contributed by atoms with Gasteiger partial charge in [0.15, 0.2) is 37.8 Å². The normalized spacial score (nSPS) is 12.6. The van der Waals surface area contributed by atoms with E-state index in [1.54, 1.807) is 112 Å². The lowest BCUT2D eigenvalue weighted by atomic mass is 10.2. The first-order chi connectivity index (χ1) is 58.3. The molecule has 5 atom stereocenters. The molecule has 670 valence electrons. The Labute approximate surface area is 696 Å². The van der Waals surface area contributed by atoms with Gasteiger partial charge in [0.1, 0.15) is 0 Å². The third kappa shape index (κ3) is 33.6. The van der Waals surface area contributed by atoms with Gasteiger partial charge in [0.25, 0.3) is 17.7 Å². The van der Waals surface area contributed by atoms with Gasteiger partial charge < -0.3 is 76.4 Å². The smallest absolute Gasteiger partial charge is 0.431 e. The summed E-state index contributed by atoms with van der Waals surface area (Å²) in [7, 11) is 4.59. The average Bonchev–Trinajstić information content (AvgIpc) is 0.804. The standard InChI is InChI=1S/C17H20F5N5O.C16H18F3N5O.C14H15F3N6O3.C14H16F3N5O.C13H14F3N5O/c1-4-27(5-2)14-24-13(23-11-9-7-6-8-10-11)25-15(26-14)28-12(16(3,18)19)17(20,21)22;1-4-8-20-13-22-14(21-12-7-5-6-10(2)9-12)24-15(23-13)25-11(3)16(17,18)19;1-8(15)14(16,17)7-26-13-21-11(18-2)20-12(22-13)19-9-3-5-10(6-4-9)23(24)25;1-9(15)14(16,17)8-23-13-21-11(18-2)20-12(22-13)19-10-6-4-3-5-7-10;1-8(13(14,15)16)22-12-20-10(17-2)19-11(21-12)18-9-6-4-3-5-7-9/h6-10,12H,4-5H2,1-3H3,(H,23,24,25,26);4-7,9,11H,1,8H2,2-3H3,(H2,20,21,22,23,24);3-6,8H,7H2,1-2H3,(H2,18,19,20,21,22);3-7,9H,8H2,1-2H3,(H2,18,19,20,21,22);3-8H,1-2H3,(H2,17,18,19,20,21). The van der Waals surface area contributed by atoms with Crippen LogP contribution in [0.15, 0.2) is 152 Å². The summed E-state index contributed by atoms with van der Waals surface area (Å²) in [5.74, 6) is -11.1. The van der Waals surface area contributed by atoms with Crippen LogP contribution in [0.5, 0.6) is 30.1 Å². The van der Waals surface area contributed by atoms with E-state index in [0.29, 0.717) is 48.1 Å². The molecule has 33 nitrogen and oxygen atoms in total. The Morgan fingerprint density at radius 2 is 0.758 bits per heavy atom. The number of hydrogen-bond acceptors (Lipinski definition) is 32. The first-order valence-electron chi connectivity index (χ1n) is 36.4. The number of ether oxygens (including phenoxy) is 5. The molecule has 124 heavy (non-hydrogen) atoms. The number of nitrogens with zero attached hydrogens (tertiary/aromatic N) is 17. The summed E-state index contributed by atoms with van der Waals surface area (Å²) in [5, 5.41) is 35.6. The molecule has 0 aliphatic rings. The average molecular weight is 1770 g/mol. The van der Waals surface area contributed by atoms with E-state index in [0.717, 1.165) is 33.3 Å². The van der Waals surface area contributed by atoms with Gasteiger partial charge in [-0.15, -0.1) is 6.58 Å². The summed E-state index contributed by atoms with van der Waals surface area (Å²) in [6.07, 6.45) is -25.0. The summed E-state index contributed by atoms with van der Waals surface area (Å²) < 4.78 is 244. The number of anilines is 15. The number of non-ortho nitro benzene ring substituents is 1. The van der Waals surface area contributed by atoms with Crippen LogP contribution < -0.4 is 76.4 Å². The van der Waals surface area contributed by atoms with Gasteiger partial charge in [-0.3, -0.25) is 10.1 Å². The minimum Gasteiger partial charge on any atom is -0.457 e. The van der Waals surface area contributed by atoms with Crippen LogP contribution in [0.1, 0.15) is 54.0 Å². The Kier molecular flexibility index (Phi) is 36.4. The van der Waals surface area contributed by atoms with Crippen LogP contribution in [0.4, 0.5) is 168 Å². The number of rotatable bonds is 35. The van der Waals surface area contributed by atoms with E-state index in [1.165, 1.54) is 31.3 Å². The maximum Gasteiger partial charge on any atom is 0.431 e. The minimum absolute atomic E-state index is 0.00813. The zero-order valence-corrected chi connectivity index (χ0v) is 67.4. The van der Waals surface area contributed by atoms with E-state index in [9.17, 15) is 84.8 Å². The monoisotopic (exact) mass is 1770 g/mol. The fourth-order valence-electron chi connectivity index (χ4n) is 8.73. The Morgan fingerprint density at radius 3 is 1.10 bits per heavy atom. The Hall–Kier alpha value is -13.9. The summed E-state index contributed by atoms with van der Waals surface area (Å²) in [6.45, 7) is 11.2. The van der Waals surface area contributed by atoms with Crippen LogP contribution in [0.3, 0.4) is 0 Å². The van der Waals surface area contributed by atoms with Crippen LogP contribution >= 0.6 is 0 Å². The maximum absolute atomic E-state index is 13.5. The zero-order chi connectivity index (χ0) is 91.8. The van der Waals surface area contributed by atoms with Crippen LogP contribution in [-0.2, 0) is 0 Å². The quantitative estimate of drug-likeness (QED) is 0.00771. The molecule has 0 radical (unpaired) electrons. The number of alkyl halides is 17. The highest BCUT2D eigenvalue weighted by molar-refractivity contribution is 5.59. The number of aryl methyl sites for hydroxylation is 1. The Morgan fingerprint density at radius 1 is 0.427 bits per heavy atom. The number of benzene rings is 5. The number of nitro benzene ring substituents is 1. The van der Waals surface area contributed by atoms with Gasteiger partial charge >= 0.3 is 60.4 Å². The molecule has 5 aromatic carbocycles. The molecule has 5 heterocycles. The molecule has 5 aromatic heterocycles. The van der Waals surface area contributed by atoms with Crippen LogP contribution in [0, 0.1) is 17.0 Å². The summed E-state index contributed by atoms with van der Waals surface area (Å²) in [4.78, 5) is 70.1. The molecule has 0 spiro atoms. The van der Waals surface area contributed by atoms with Gasteiger partial charge in [-0.2, -0.15) is 132 Å². The van der Waals surface area contributed by atoms with Crippen LogP contribution in [0.25, 0.3) is 0 Å². The molecule has 5 unspecified atom stereocenters. The molecule has 10 aromatic rings. The largest absolute Gasteiger partial charge is 0.457 e. The van der Waals surface area contributed by atoms with Gasteiger partial charge in [0, 0.05) is 88.3 Å². The van der Waals surface area contributed by atoms with Gasteiger partial charge in [-0.05, 0) is 115 Å².